The molecule has 1 fully saturated rings. The highest BCUT2D eigenvalue weighted by Crippen LogP contribution is 2.23. The molecule has 19 heavy (non-hydrogen) atoms. The third kappa shape index (κ3) is 4.42. The molecule has 1 atom stereocenters. The van der Waals surface area contributed by atoms with Gasteiger partial charge in [-0.05, 0) is 38.0 Å². The number of hydrogen-bond acceptors (Lipinski definition) is 4. The number of nitrogens with zero attached hydrogens (tertiary/aromatic N) is 1. The molecule has 4 nitrogen and oxygen atoms in total. The molecule has 1 unspecified atom stereocenters. The summed E-state index contributed by atoms with van der Waals surface area (Å²) in [6.07, 6.45) is 3.77. The van der Waals surface area contributed by atoms with Crippen LogP contribution in [0, 0.1) is 0 Å². The minimum absolute atomic E-state index is 0.0798. The lowest BCUT2D eigenvalue weighted by atomic mass is 10.2. The van der Waals surface area contributed by atoms with E-state index in [2.05, 4.69) is 22.3 Å². The minimum Gasteiger partial charge on any atom is -0.382 e. The Bertz CT molecular complexity index is 522. The van der Waals surface area contributed by atoms with Gasteiger partial charge in [0.15, 0.2) is 0 Å². The molecule has 0 amide bonds. The maximum Gasteiger partial charge on any atom is 0.149 e. The molecule has 1 heterocycles. The molecular weight excluding hydrogens is 260 g/mol. The quantitative estimate of drug-likeness (QED) is 0.899. The number of rotatable bonds is 5. The molecular formula is C14H22N2O2S. The van der Waals surface area contributed by atoms with E-state index in [0.717, 1.165) is 18.8 Å². The largest absolute Gasteiger partial charge is 0.382 e. The molecule has 1 aliphatic heterocycles. The summed E-state index contributed by atoms with van der Waals surface area (Å²) < 4.78 is 22.5. The van der Waals surface area contributed by atoms with Crippen LogP contribution in [0.2, 0.25) is 0 Å². The first-order chi connectivity index (χ1) is 8.94. The predicted molar refractivity (Wildman–Crippen MR) is 80.7 cm³/mol. The molecule has 1 saturated heterocycles. The van der Waals surface area contributed by atoms with Crippen molar-refractivity contribution in [2.45, 2.75) is 25.8 Å². The highest BCUT2D eigenvalue weighted by Gasteiger charge is 2.14. The van der Waals surface area contributed by atoms with Gasteiger partial charge in [0.1, 0.15) is 9.84 Å². The molecule has 1 aliphatic rings. The summed E-state index contributed by atoms with van der Waals surface area (Å²) in [5, 5.41) is 3.26. The van der Waals surface area contributed by atoms with Gasteiger partial charge >= 0.3 is 0 Å². The Hall–Kier alpha value is -1.23. The second-order valence-electron chi connectivity index (χ2n) is 5.38. The van der Waals surface area contributed by atoms with Gasteiger partial charge in [0.2, 0.25) is 0 Å². The third-order valence-corrected chi connectivity index (χ3v) is 4.39. The van der Waals surface area contributed by atoms with Crippen molar-refractivity contribution in [2.75, 3.05) is 35.3 Å². The molecule has 0 aromatic heterocycles. The predicted octanol–water partition coefficient (Wildman–Crippen LogP) is 2.13. The van der Waals surface area contributed by atoms with Crippen LogP contribution in [0.5, 0.6) is 0 Å². The lowest BCUT2D eigenvalue weighted by molar-refractivity contribution is 0.598. The Kier molecular flexibility index (Phi) is 4.34. The molecule has 0 saturated carbocycles. The fraction of sp³-hybridized carbons (Fsp3) is 0.571. The van der Waals surface area contributed by atoms with Gasteiger partial charge in [-0.2, -0.15) is 0 Å². The van der Waals surface area contributed by atoms with Crippen LogP contribution in [0.3, 0.4) is 0 Å². The zero-order valence-corrected chi connectivity index (χ0v) is 12.4. The van der Waals surface area contributed by atoms with E-state index in [1.807, 2.05) is 19.1 Å². The van der Waals surface area contributed by atoms with E-state index < -0.39 is 9.84 Å². The van der Waals surface area contributed by atoms with Crippen LogP contribution in [0.15, 0.2) is 24.3 Å². The fourth-order valence-electron chi connectivity index (χ4n) is 2.55. The summed E-state index contributed by atoms with van der Waals surface area (Å²) in [4.78, 5) is 2.37. The second kappa shape index (κ2) is 5.82. The number of anilines is 2. The van der Waals surface area contributed by atoms with Gasteiger partial charge in [-0.1, -0.05) is 6.07 Å². The zero-order valence-electron chi connectivity index (χ0n) is 11.6. The molecule has 106 valence electrons. The molecule has 1 aromatic carbocycles. The van der Waals surface area contributed by atoms with E-state index in [1.165, 1.54) is 24.8 Å². The fourth-order valence-corrected chi connectivity index (χ4v) is 3.54. The van der Waals surface area contributed by atoms with E-state index in [9.17, 15) is 8.42 Å². The minimum atomic E-state index is -2.94. The summed E-state index contributed by atoms with van der Waals surface area (Å²) in [5.41, 5.74) is 2.20. The van der Waals surface area contributed by atoms with Gasteiger partial charge in [-0.3, -0.25) is 0 Å². The highest BCUT2D eigenvalue weighted by atomic mass is 32.2. The van der Waals surface area contributed by atoms with Crippen molar-refractivity contribution in [1.82, 2.24) is 0 Å². The van der Waals surface area contributed by atoms with Crippen molar-refractivity contribution in [1.29, 1.82) is 0 Å². The average Bonchev–Trinajstić information content (AvgIpc) is 2.79. The average molecular weight is 282 g/mol. The van der Waals surface area contributed by atoms with Gasteiger partial charge in [0.05, 0.1) is 5.75 Å². The normalized spacial score (nSPS) is 17.5. The van der Waals surface area contributed by atoms with Crippen LogP contribution >= 0.6 is 0 Å². The SMILES string of the molecule is CC(CS(C)(=O)=O)Nc1cccc(N2CCCC2)c1. The molecule has 0 aliphatic carbocycles. The van der Waals surface area contributed by atoms with E-state index in [0.29, 0.717) is 0 Å². The highest BCUT2D eigenvalue weighted by molar-refractivity contribution is 7.90. The summed E-state index contributed by atoms with van der Waals surface area (Å²) in [7, 11) is -2.94. The molecule has 0 radical (unpaired) electrons. The van der Waals surface area contributed by atoms with Gasteiger partial charge in [-0.15, -0.1) is 0 Å². The zero-order chi connectivity index (χ0) is 13.9. The van der Waals surface area contributed by atoms with Crippen molar-refractivity contribution in [3.05, 3.63) is 24.3 Å². The van der Waals surface area contributed by atoms with E-state index in [-0.39, 0.29) is 11.8 Å². The van der Waals surface area contributed by atoms with Gasteiger partial charge in [0.25, 0.3) is 0 Å². The summed E-state index contributed by atoms with van der Waals surface area (Å²) in [5.74, 6) is 0.154. The number of benzene rings is 1. The van der Waals surface area contributed by atoms with Crippen molar-refractivity contribution in [3.63, 3.8) is 0 Å². The Labute approximate surface area is 115 Å². The maximum atomic E-state index is 11.3. The van der Waals surface area contributed by atoms with Crippen LogP contribution in [-0.4, -0.2) is 39.6 Å². The standard InChI is InChI=1S/C14H22N2O2S/c1-12(11-19(2,17)18)15-13-6-5-7-14(10-13)16-8-3-4-9-16/h5-7,10,12,15H,3-4,8-9,11H2,1-2H3. The molecule has 0 bridgehead atoms. The van der Waals surface area contributed by atoms with Crippen LogP contribution in [0.4, 0.5) is 11.4 Å². The van der Waals surface area contributed by atoms with Crippen LogP contribution in [-0.2, 0) is 9.84 Å². The van der Waals surface area contributed by atoms with Gasteiger partial charge in [0, 0.05) is 36.8 Å². The lowest BCUT2D eigenvalue weighted by Gasteiger charge is -2.20. The van der Waals surface area contributed by atoms with E-state index >= 15 is 0 Å². The first-order valence-corrected chi connectivity index (χ1v) is 8.79. The van der Waals surface area contributed by atoms with Crippen molar-refractivity contribution in [3.8, 4) is 0 Å². The van der Waals surface area contributed by atoms with E-state index in [1.54, 1.807) is 0 Å². The Balaban J connectivity index is 2.02. The van der Waals surface area contributed by atoms with Gasteiger partial charge < -0.3 is 10.2 Å². The number of nitrogens with one attached hydrogen (secondary N) is 1. The Morgan fingerprint density at radius 3 is 2.63 bits per heavy atom. The monoisotopic (exact) mass is 282 g/mol. The lowest BCUT2D eigenvalue weighted by Crippen LogP contribution is -2.25. The van der Waals surface area contributed by atoms with Crippen molar-refractivity contribution < 1.29 is 8.42 Å². The summed E-state index contributed by atoms with van der Waals surface area (Å²) in [6.45, 7) is 4.12. The number of hydrogen-bond donors (Lipinski definition) is 1. The first kappa shape index (κ1) is 14.2. The number of sulfone groups is 1. The van der Waals surface area contributed by atoms with Crippen LogP contribution in [0.25, 0.3) is 0 Å². The topological polar surface area (TPSA) is 49.4 Å². The van der Waals surface area contributed by atoms with Gasteiger partial charge in [-0.25, -0.2) is 8.42 Å². The first-order valence-electron chi connectivity index (χ1n) is 6.73. The molecule has 5 heteroatoms. The second-order valence-corrected chi connectivity index (χ2v) is 7.57. The van der Waals surface area contributed by atoms with Crippen molar-refractivity contribution in [2.24, 2.45) is 0 Å². The third-order valence-electron chi connectivity index (χ3n) is 3.28. The summed E-state index contributed by atoms with van der Waals surface area (Å²) in [6, 6.07) is 8.13. The Morgan fingerprint density at radius 1 is 1.32 bits per heavy atom. The Morgan fingerprint density at radius 2 is 2.00 bits per heavy atom. The molecule has 1 N–H and O–H groups in total. The smallest absolute Gasteiger partial charge is 0.149 e. The maximum absolute atomic E-state index is 11.3. The van der Waals surface area contributed by atoms with Crippen LogP contribution in [0.1, 0.15) is 19.8 Å². The molecule has 2 rings (SSSR count). The molecule has 1 aromatic rings. The molecule has 0 spiro atoms. The summed E-state index contributed by atoms with van der Waals surface area (Å²) >= 11 is 0. The van der Waals surface area contributed by atoms with E-state index in [4.69, 9.17) is 0 Å². The van der Waals surface area contributed by atoms with Crippen LogP contribution < -0.4 is 10.2 Å². The van der Waals surface area contributed by atoms with Crippen molar-refractivity contribution >= 4 is 21.2 Å².